The van der Waals surface area contributed by atoms with E-state index in [0.29, 0.717) is 11.3 Å². The van der Waals surface area contributed by atoms with E-state index < -0.39 is 5.91 Å². The van der Waals surface area contributed by atoms with Gasteiger partial charge in [-0.05, 0) is 36.4 Å². The van der Waals surface area contributed by atoms with Gasteiger partial charge in [-0.1, -0.05) is 23.2 Å². The Morgan fingerprint density at radius 1 is 1.09 bits per heavy atom. The van der Waals surface area contributed by atoms with Gasteiger partial charge in [0.05, 0.1) is 28.4 Å². The molecule has 0 radical (unpaired) electrons. The van der Waals surface area contributed by atoms with E-state index in [0.717, 1.165) is 0 Å². The SMILES string of the molecule is COc1ccc(C(=O)Nc2cc(C(N)=O)c(Cl)cc2Cl)cc1. The second kappa shape index (κ2) is 6.68. The van der Waals surface area contributed by atoms with Gasteiger partial charge in [0.25, 0.3) is 5.91 Å². The Morgan fingerprint density at radius 2 is 1.73 bits per heavy atom. The van der Waals surface area contributed by atoms with Crippen molar-refractivity contribution in [3.63, 3.8) is 0 Å². The van der Waals surface area contributed by atoms with Gasteiger partial charge in [0.15, 0.2) is 0 Å². The lowest BCUT2D eigenvalue weighted by Gasteiger charge is -2.10. The summed E-state index contributed by atoms with van der Waals surface area (Å²) in [6.07, 6.45) is 0. The van der Waals surface area contributed by atoms with E-state index >= 15 is 0 Å². The number of hydrogen-bond acceptors (Lipinski definition) is 3. The molecule has 0 atom stereocenters. The molecule has 3 N–H and O–H groups in total. The molecule has 2 rings (SSSR count). The van der Waals surface area contributed by atoms with Crippen molar-refractivity contribution in [1.82, 2.24) is 0 Å². The fourth-order valence-electron chi connectivity index (χ4n) is 1.77. The second-order valence-corrected chi connectivity index (χ2v) is 5.17. The average Bonchev–Trinajstić information content (AvgIpc) is 2.49. The van der Waals surface area contributed by atoms with Crippen molar-refractivity contribution in [2.24, 2.45) is 5.73 Å². The third-order valence-electron chi connectivity index (χ3n) is 2.92. The highest BCUT2D eigenvalue weighted by Crippen LogP contribution is 2.29. The number of ether oxygens (including phenoxy) is 1. The van der Waals surface area contributed by atoms with Gasteiger partial charge in [-0.15, -0.1) is 0 Å². The summed E-state index contributed by atoms with van der Waals surface area (Å²) in [5.74, 6) is -0.457. The van der Waals surface area contributed by atoms with Crippen LogP contribution >= 0.6 is 23.2 Å². The summed E-state index contributed by atoms with van der Waals surface area (Å²) in [4.78, 5) is 23.5. The van der Waals surface area contributed by atoms with Crippen LogP contribution in [0, 0.1) is 0 Å². The van der Waals surface area contributed by atoms with Crippen molar-refractivity contribution in [3.05, 3.63) is 57.6 Å². The molecule has 0 aliphatic rings. The highest BCUT2D eigenvalue weighted by molar-refractivity contribution is 6.38. The Morgan fingerprint density at radius 3 is 2.27 bits per heavy atom. The highest BCUT2D eigenvalue weighted by atomic mass is 35.5. The summed E-state index contributed by atoms with van der Waals surface area (Å²) in [6, 6.07) is 9.22. The van der Waals surface area contributed by atoms with E-state index in [1.807, 2.05) is 0 Å². The standard InChI is InChI=1S/C15H12Cl2N2O3/c1-22-9-4-2-8(3-5-9)15(21)19-13-6-10(14(18)20)11(16)7-12(13)17/h2-7H,1H3,(H2,18,20)(H,19,21). The fraction of sp³-hybridized carbons (Fsp3) is 0.0667. The molecule has 0 fully saturated rings. The van der Waals surface area contributed by atoms with Crippen LogP contribution in [0.1, 0.15) is 20.7 Å². The first-order chi connectivity index (χ1) is 10.4. The van der Waals surface area contributed by atoms with Gasteiger partial charge < -0.3 is 15.8 Å². The number of primary amides is 1. The van der Waals surface area contributed by atoms with E-state index in [2.05, 4.69) is 5.32 Å². The van der Waals surface area contributed by atoms with Gasteiger partial charge in [-0.2, -0.15) is 0 Å². The minimum atomic E-state index is -0.707. The van der Waals surface area contributed by atoms with Crippen molar-refractivity contribution < 1.29 is 14.3 Å². The number of nitrogens with one attached hydrogen (secondary N) is 1. The Balaban J connectivity index is 2.27. The number of anilines is 1. The maximum Gasteiger partial charge on any atom is 0.255 e. The number of carbonyl (C=O) groups is 2. The molecular weight excluding hydrogens is 327 g/mol. The topological polar surface area (TPSA) is 81.4 Å². The zero-order valence-electron chi connectivity index (χ0n) is 11.5. The number of hydrogen-bond donors (Lipinski definition) is 2. The molecule has 5 nitrogen and oxygen atoms in total. The van der Waals surface area contributed by atoms with Crippen LogP contribution in [0.2, 0.25) is 10.0 Å². The Bertz CT molecular complexity index is 730. The Labute approximate surface area is 137 Å². The van der Waals surface area contributed by atoms with Gasteiger partial charge in [-0.25, -0.2) is 0 Å². The molecule has 0 aliphatic heterocycles. The molecule has 22 heavy (non-hydrogen) atoms. The summed E-state index contributed by atoms with van der Waals surface area (Å²) >= 11 is 11.9. The van der Waals surface area contributed by atoms with Crippen molar-refractivity contribution in [2.45, 2.75) is 0 Å². The molecular formula is C15H12Cl2N2O3. The van der Waals surface area contributed by atoms with Crippen molar-refractivity contribution in [3.8, 4) is 5.75 Å². The molecule has 0 heterocycles. The smallest absolute Gasteiger partial charge is 0.255 e. The van der Waals surface area contributed by atoms with Gasteiger partial charge in [0.2, 0.25) is 5.91 Å². The molecule has 0 aliphatic carbocycles. The van der Waals surface area contributed by atoms with Crippen molar-refractivity contribution in [1.29, 1.82) is 0 Å². The zero-order valence-corrected chi connectivity index (χ0v) is 13.0. The Hall–Kier alpha value is -2.24. The van der Waals surface area contributed by atoms with Crippen molar-refractivity contribution in [2.75, 3.05) is 12.4 Å². The average molecular weight is 339 g/mol. The Kier molecular flexibility index (Phi) is 4.90. The molecule has 114 valence electrons. The van der Waals surface area contributed by atoms with Gasteiger partial charge in [0.1, 0.15) is 5.75 Å². The number of benzene rings is 2. The zero-order chi connectivity index (χ0) is 16.3. The van der Waals surface area contributed by atoms with E-state index in [4.69, 9.17) is 33.7 Å². The molecule has 0 unspecified atom stereocenters. The summed E-state index contributed by atoms with van der Waals surface area (Å²) in [5, 5.41) is 2.94. The minimum absolute atomic E-state index is 0.0797. The first kappa shape index (κ1) is 16.1. The van der Waals surface area contributed by atoms with Crippen LogP contribution in [0.4, 0.5) is 5.69 Å². The highest BCUT2D eigenvalue weighted by Gasteiger charge is 2.14. The molecule has 0 bridgehead atoms. The quantitative estimate of drug-likeness (QED) is 0.896. The minimum Gasteiger partial charge on any atom is -0.497 e. The van der Waals surface area contributed by atoms with E-state index in [1.165, 1.54) is 19.2 Å². The van der Waals surface area contributed by atoms with Gasteiger partial charge in [-0.3, -0.25) is 9.59 Å². The van der Waals surface area contributed by atoms with Gasteiger partial charge >= 0.3 is 0 Å². The molecule has 2 aromatic carbocycles. The fourth-order valence-corrected chi connectivity index (χ4v) is 2.29. The molecule has 0 aromatic heterocycles. The van der Waals surface area contributed by atoms with Crippen LogP contribution < -0.4 is 15.8 Å². The number of halogens is 2. The monoisotopic (exact) mass is 338 g/mol. The summed E-state index contributed by atoms with van der Waals surface area (Å²) < 4.78 is 5.02. The lowest BCUT2D eigenvalue weighted by Crippen LogP contribution is -2.15. The predicted octanol–water partition coefficient (Wildman–Crippen LogP) is 3.35. The first-order valence-corrected chi connectivity index (χ1v) is 6.92. The molecule has 2 amide bonds. The number of nitrogens with two attached hydrogens (primary N) is 1. The first-order valence-electron chi connectivity index (χ1n) is 6.16. The molecule has 0 saturated heterocycles. The van der Waals surface area contributed by atoms with Crippen LogP contribution in [0.15, 0.2) is 36.4 Å². The molecule has 0 saturated carbocycles. The largest absolute Gasteiger partial charge is 0.497 e. The lowest BCUT2D eigenvalue weighted by atomic mass is 10.1. The number of rotatable bonds is 4. The summed E-state index contributed by atoms with van der Waals surface area (Å²) in [6.45, 7) is 0. The normalized spacial score (nSPS) is 10.1. The maximum atomic E-state index is 12.2. The lowest BCUT2D eigenvalue weighted by molar-refractivity contribution is 0.0996. The van der Waals surface area contributed by atoms with E-state index in [-0.39, 0.29) is 27.2 Å². The van der Waals surface area contributed by atoms with E-state index in [9.17, 15) is 9.59 Å². The number of methoxy groups -OCH3 is 1. The molecule has 2 aromatic rings. The molecule has 7 heteroatoms. The van der Waals surface area contributed by atoms with Crippen LogP contribution in [0.5, 0.6) is 5.75 Å². The van der Waals surface area contributed by atoms with Crippen LogP contribution in [0.3, 0.4) is 0 Å². The third-order valence-corrected chi connectivity index (χ3v) is 3.55. The van der Waals surface area contributed by atoms with Crippen LogP contribution in [-0.4, -0.2) is 18.9 Å². The van der Waals surface area contributed by atoms with Crippen molar-refractivity contribution >= 4 is 40.7 Å². The number of amides is 2. The second-order valence-electron chi connectivity index (χ2n) is 4.36. The maximum absolute atomic E-state index is 12.2. The third kappa shape index (κ3) is 3.50. The van der Waals surface area contributed by atoms with Gasteiger partial charge in [0, 0.05) is 5.56 Å². The van der Waals surface area contributed by atoms with E-state index in [1.54, 1.807) is 24.3 Å². The summed E-state index contributed by atoms with van der Waals surface area (Å²) in [5.41, 5.74) is 5.95. The summed E-state index contributed by atoms with van der Waals surface area (Å²) in [7, 11) is 1.54. The number of carbonyl (C=O) groups excluding carboxylic acids is 2. The van der Waals surface area contributed by atoms with Crippen LogP contribution in [0.25, 0.3) is 0 Å². The molecule has 0 spiro atoms. The van der Waals surface area contributed by atoms with Crippen LogP contribution in [-0.2, 0) is 0 Å². The predicted molar refractivity (Wildman–Crippen MR) is 85.9 cm³/mol.